The van der Waals surface area contributed by atoms with Gasteiger partial charge < -0.3 is 10.0 Å². The van der Waals surface area contributed by atoms with Gasteiger partial charge in [-0.3, -0.25) is 9.59 Å². The van der Waals surface area contributed by atoms with E-state index < -0.39 is 11.5 Å². The Morgan fingerprint density at radius 1 is 1.04 bits per heavy atom. The number of amides is 1. The molecule has 23 heavy (non-hydrogen) atoms. The van der Waals surface area contributed by atoms with Crippen LogP contribution in [0.1, 0.15) is 55.3 Å². The maximum Gasteiger partial charge on any atom is 0.329 e. The summed E-state index contributed by atoms with van der Waals surface area (Å²) >= 11 is 0. The molecule has 0 aromatic heterocycles. The highest BCUT2D eigenvalue weighted by Gasteiger charge is 2.45. The van der Waals surface area contributed by atoms with Crippen molar-refractivity contribution >= 4 is 17.7 Å². The van der Waals surface area contributed by atoms with Crippen molar-refractivity contribution in [3.8, 4) is 0 Å². The fourth-order valence-corrected chi connectivity index (χ4v) is 3.22. The van der Waals surface area contributed by atoms with E-state index in [9.17, 15) is 19.5 Å². The molecule has 1 amide bonds. The highest BCUT2D eigenvalue weighted by molar-refractivity contribution is 5.98. The number of aliphatic carboxylic acids is 1. The van der Waals surface area contributed by atoms with Gasteiger partial charge in [0, 0.05) is 25.5 Å². The second kappa shape index (κ2) is 7.40. The quantitative estimate of drug-likeness (QED) is 0.819. The van der Waals surface area contributed by atoms with Crippen molar-refractivity contribution in [2.24, 2.45) is 0 Å². The van der Waals surface area contributed by atoms with E-state index in [0.29, 0.717) is 18.4 Å². The van der Waals surface area contributed by atoms with Crippen molar-refractivity contribution in [3.63, 3.8) is 0 Å². The van der Waals surface area contributed by atoms with Crippen molar-refractivity contribution in [3.05, 3.63) is 35.9 Å². The molecule has 2 rings (SSSR count). The first-order valence-corrected chi connectivity index (χ1v) is 8.06. The molecule has 0 atom stereocenters. The van der Waals surface area contributed by atoms with Gasteiger partial charge in [0.15, 0.2) is 5.78 Å². The van der Waals surface area contributed by atoms with Crippen LogP contribution >= 0.6 is 0 Å². The molecule has 0 radical (unpaired) electrons. The number of nitrogens with zero attached hydrogens (tertiary/aromatic N) is 1. The fourth-order valence-electron chi connectivity index (χ4n) is 3.22. The summed E-state index contributed by atoms with van der Waals surface area (Å²) < 4.78 is 0. The van der Waals surface area contributed by atoms with Gasteiger partial charge >= 0.3 is 5.97 Å². The molecule has 0 saturated heterocycles. The number of Topliss-reactive ketones (excluding diaryl/α,β-unsaturated/α-hetero) is 1. The number of carboxylic acids is 1. The minimum atomic E-state index is -1.11. The third-order valence-electron chi connectivity index (χ3n) is 4.76. The van der Waals surface area contributed by atoms with E-state index >= 15 is 0 Å². The normalized spacial score (nSPS) is 16.6. The predicted molar refractivity (Wildman–Crippen MR) is 86.2 cm³/mol. The number of likely N-dealkylation sites (N-methyl/N-ethyl adjacent to an activating group) is 1. The molecule has 1 aromatic carbocycles. The van der Waals surface area contributed by atoms with E-state index in [1.807, 2.05) is 6.07 Å². The first kappa shape index (κ1) is 17.2. The Hall–Kier alpha value is -2.17. The molecule has 5 nitrogen and oxygen atoms in total. The molecule has 1 fully saturated rings. The number of rotatable bonds is 6. The Morgan fingerprint density at radius 2 is 1.65 bits per heavy atom. The van der Waals surface area contributed by atoms with Crippen molar-refractivity contribution in [2.75, 3.05) is 7.05 Å². The Labute approximate surface area is 136 Å². The Morgan fingerprint density at radius 3 is 2.22 bits per heavy atom. The Balaban J connectivity index is 1.99. The van der Waals surface area contributed by atoms with Crippen LogP contribution in [0.5, 0.6) is 0 Å². The van der Waals surface area contributed by atoms with Gasteiger partial charge in [0.1, 0.15) is 5.54 Å². The van der Waals surface area contributed by atoms with Crippen LogP contribution in [0, 0.1) is 0 Å². The first-order valence-electron chi connectivity index (χ1n) is 8.06. The van der Waals surface area contributed by atoms with Gasteiger partial charge in [0.25, 0.3) is 0 Å². The smallest absolute Gasteiger partial charge is 0.329 e. The molecule has 1 saturated carbocycles. The lowest BCUT2D eigenvalue weighted by molar-refractivity contribution is -0.160. The lowest BCUT2D eigenvalue weighted by Crippen LogP contribution is -2.56. The molecular formula is C18H23NO4. The van der Waals surface area contributed by atoms with Crippen molar-refractivity contribution in [1.29, 1.82) is 0 Å². The zero-order valence-corrected chi connectivity index (χ0v) is 13.5. The zero-order chi connectivity index (χ0) is 16.9. The third kappa shape index (κ3) is 3.78. The molecular weight excluding hydrogens is 294 g/mol. The standard InChI is InChI=1S/C18H23NO4/c1-19(18(17(22)23)12-6-3-7-13-18)16(21)11-10-15(20)14-8-4-2-5-9-14/h2,4-5,8-9H,3,6-7,10-13H2,1H3,(H,22,23). The Kier molecular flexibility index (Phi) is 5.53. The monoisotopic (exact) mass is 317 g/mol. The minimum absolute atomic E-state index is 0.0409. The van der Waals surface area contributed by atoms with Gasteiger partial charge in [-0.05, 0) is 12.8 Å². The number of carbonyl (C=O) groups excluding carboxylic acids is 2. The molecule has 0 unspecified atom stereocenters. The topological polar surface area (TPSA) is 74.7 Å². The number of hydrogen-bond donors (Lipinski definition) is 1. The summed E-state index contributed by atoms with van der Waals surface area (Å²) in [4.78, 5) is 37.5. The maximum atomic E-state index is 12.4. The van der Waals surface area contributed by atoms with E-state index in [-0.39, 0.29) is 24.5 Å². The molecule has 0 heterocycles. The summed E-state index contributed by atoms with van der Waals surface area (Å²) in [5.74, 6) is -1.32. The number of carboxylic acid groups (broad SMARTS) is 1. The maximum absolute atomic E-state index is 12.4. The van der Waals surface area contributed by atoms with Crippen LogP contribution in [0.2, 0.25) is 0 Å². The largest absolute Gasteiger partial charge is 0.479 e. The minimum Gasteiger partial charge on any atom is -0.479 e. The van der Waals surface area contributed by atoms with E-state index in [1.165, 1.54) is 4.90 Å². The van der Waals surface area contributed by atoms with E-state index in [0.717, 1.165) is 19.3 Å². The average molecular weight is 317 g/mol. The number of benzene rings is 1. The molecule has 0 bridgehead atoms. The second-order valence-corrected chi connectivity index (χ2v) is 6.14. The lowest BCUT2D eigenvalue weighted by atomic mass is 9.80. The summed E-state index contributed by atoms with van der Waals surface area (Å²) in [5, 5.41) is 9.60. The molecule has 0 spiro atoms. The third-order valence-corrected chi connectivity index (χ3v) is 4.76. The molecule has 1 aromatic rings. The van der Waals surface area contributed by atoms with Crippen LogP contribution in [0.3, 0.4) is 0 Å². The van der Waals surface area contributed by atoms with Crippen LogP contribution in [-0.2, 0) is 9.59 Å². The van der Waals surface area contributed by atoms with Gasteiger partial charge in [0.05, 0.1) is 0 Å². The number of carbonyl (C=O) groups is 3. The van der Waals surface area contributed by atoms with E-state index in [2.05, 4.69) is 0 Å². The van der Waals surface area contributed by atoms with Gasteiger partial charge in [-0.25, -0.2) is 4.79 Å². The number of hydrogen-bond acceptors (Lipinski definition) is 3. The van der Waals surface area contributed by atoms with Crippen molar-refractivity contribution in [2.45, 2.75) is 50.5 Å². The molecule has 1 aliphatic rings. The van der Waals surface area contributed by atoms with E-state index in [4.69, 9.17) is 0 Å². The second-order valence-electron chi connectivity index (χ2n) is 6.14. The van der Waals surface area contributed by atoms with Crippen LogP contribution in [0.15, 0.2) is 30.3 Å². The Bertz CT molecular complexity index is 576. The van der Waals surface area contributed by atoms with Crippen LogP contribution in [0.25, 0.3) is 0 Å². The summed E-state index contributed by atoms with van der Waals surface area (Å²) in [6.07, 6.45) is 3.74. The molecule has 1 N–H and O–H groups in total. The predicted octanol–water partition coefficient (Wildman–Crippen LogP) is 2.90. The highest BCUT2D eigenvalue weighted by atomic mass is 16.4. The van der Waals surface area contributed by atoms with Crippen molar-refractivity contribution in [1.82, 2.24) is 4.90 Å². The molecule has 124 valence electrons. The number of ketones is 1. The fraction of sp³-hybridized carbons (Fsp3) is 0.500. The molecule has 5 heteroatoms. The zero-order valence-electron chi connectivity index (χ0n) is 13.5. The summed E-state index contributed by atoms with van der Waals surface area (Å²) in [5.41, 5.74) is -0.529. The van der Waals surface area contributed by atoms with Gasteiger partial charge in [-0.15, -0.1) is 0 Å². The lowest BCUT2D eigenvalue weighted by Gasteiger charge is -2.41. The first-order chi connectivity index (χ1) is 11.0. The van der Waals surface area contributed by atoms with E-state index in [1.54, 1.807) is 31.3 Å². The van der Waals surface area contributed by atoms with Crippen molar-refractivity contribution < 1.29 is 19.5 Å². The summed E-state index contributed by atoms with van der Waals surface area (Å²) in [6.45, 7) is 0. The molecule has 1 aliphatic carbocycles. The highest BCUT2D eigenvalue weighted by Crippen LogP contribution is 2.33. The summed E-state index contributed by atoms with van der Waals surface area (Å²) in [6, 6.07) is 8.83. The van der Waals surface area contributed by atoms with Gasteiger partial charge in [-0.2, -0.15) is 0 Å². The van der Waals surface area contributed by atoms with Crippen LogP contribution in [0.4, 0.5) is 0 Å². The van der Waals surface area contributed by atoms with Crippen LogP contribution in [-0.4, -0.2) is 40.3 Å². The average Bonchev–Trinajstić information content (AvgIpc) is 2.59. The molecule has 0 aliphatic heterocycles. The SMILES string of the molecule is CN(C(=O)CCC(=O)c1ccccc1)C1(C(=O)O)CCCCC1. The van der Waals surface area contributed by atoms with Gasteiger partial charge in [-0.1, -0.05) is 49.6 Å². The van der Waals surface area contributed by atoms with Crippen LogP contribution < -0.4 is 0 Å². The summed E-state index contributed by atoms with van der Waals surface area (Å²) in [7, 11) is 1.55. The van der Waals surface area contributed by atoms with Gasteiger partial charge in [0.2, 0.25) is 5.91 Å².